The number of hydrogen-bond donors (Lipinski definition) is 1. The minimum absolute atomic E-state index is 0.0962. The molecular weight excluding hydrogens is 333 g/mol. The maximum atomic E-state index is 13.1. The van der Waals surface area contributed by atoms with Crippen LogP contribution in [-0.4, -0.2) is 28.0 Å². The van der Waals surface area contributed by atoms with Crippen LogP contribution in [0.4, 0.5) is 9.18 Å². The molecule has 0 aliphatic carbocycles. The van der Waals surface area contributed by atoms with E-state index in [9.17, 15) is 18.8 Å². The summed E-state index contributed by atoms with van der Waals surface area (Å²) in [7, 11) is 0. The van der Waals surface area contributed by atoms with E-state index in [-0.39, 0.29) is 18.0 Å². The quantitative estimate of drug-likeness (QED) is 0.856. The van der Waals surface area contributed by atoms with Crippen LogP contribution in [0.2, 0.25) is 0 Å². The Kier molecular flexibility index (Phi) is 4.00. The van der Waals surface area contributed by atoms with Crippen LogP contribution in [0.3, 0.4) is 0 Å². The van der Waals surface area contributed by atoms with Crippen molar-refractivity contribution in [3.8, 4) is 0 Å². The Morgan fingerprint density at radius 1 is 1.17 bits per heavy atom. The summed E-state index contributed by atoms with van der Waals surface area (Å²) < 4.78 is 14.6. The molecule has 3 rings (SSSR count). The number of aromatic nitrogens is 1. The summed E-state index contributed by atoms with van der Waals surface area (Å²) in [4.78, 5) is 37.6. The van der Waals surface area contributed by atoms with Crippen molar-refractivity contribution < 1.29 is 14.0 Å². The molecule has 1 atom stereocenters. The third kappa shape index (κ3) is 2.62. The first-order valence-corrected chi connectivity index (χ1v) is 8.26. The number of carbonyl (C=O) groups is 2. The molecule has 24 heavy (non-hydrogen) atoms. The molecule has 0 saturated carbocycles. The highest BCUT2D eigenvalue weighted by Gasteiger charge is 2.48. The zero-order valence-electron chi connectivity index (χ0n) is 13.2. The minimum Gasteiger partial charge on any atom is -0.319 e. The van der Waals surface area contributed by atoms with Crippen LogP contribution in [0.1, 0.15) is 18.2 Å². The van der Waals surface area contributed by atoms with Crippen molar-refractivity contribution in [3.63, 3.8) is 0 Å². The molecule has 8 heteroatoms. The molecule has 1 aliphatic heterocycles. The number of nitrogens with zero attached hydrogens (tertiary/aromatic N) is 2. The molecule has 6 nitrogen and oxygen atoms in total. The molecule has 1 saturated heterocycles. The third-order valence-corrected chi connectivity index (χ3v) is 5.10. The number of halogens is 1. The molecule has 126 valence electrons. The summed E-state index contributed by atoms with van der Waals surface area (Å²) in [6.07, 6.45) is 0. The molecule has 1 unspecified atom stereocenters. The second kappa shape index (κ2) is 5.86. The van der Waals surface area contributed by atoms with E-state index in [4.69, 9.17) is 0 Å². The Morgan fingerprint density at radius 3 is 2.42 bits per heavy atom. The van der Waals surface area contributed by atoms with Gasteiger partial charge in [0.05, 0.1) is 0 Å². The van der Waals surface area contributed by atoms with Crippen molar-refractivity contribution in [2.75, 3.05) is 6.54 Å². The van der Waals surface area contributed by atoms with Gasteiger partial charge < -0.3 is 9.88 Å². The van der Waals surface area contributed by atoms with Gasteiger partial charge in [-0.05, 0) is 31.5 Å². The van der Waals surface area contributed by atoms with E-state index in [1.165, 1.54) is 28.8 Å². The van der Waals surface area contributed by atoms with Gasteiger partial charge in [-0.2, -0.15) is 0 Å². The Balaban J connectivity index is 1.81. The fraction of sp³-hybridized carbons (Fsp3) is 0.312. The molecule has 2 heterocycles. The number of hydrogen-bond acceptors (Lipinski definition) is 4. The second-order valence-corrected chi connectivity index (χ2v) is 6.63. The van der Waals surface area contributed by atoms with Crippen LogP contribution in [0.5, 0.6) is 0 Å². The lowest BCUT2D eigenvalue weighted by molar-refractivity contribution is -0.131. The van der Waals surface area contributed by atoms with Gasteiger partial charge in [0.25, 0.3) is 5.91 Å². The van der Waals surface area contributed by atoms with E-state index < -0.39 is 23.3 Å². The topological polar surface area (TPSA) is 71.4 Å². The highest BCUT2D eigenvalue weighted by atomic mass is 32.1. The molecule has 1 aromatic carbocycles. The van der Waals surface area contributed by atoms with Gasteiger partial charge in [0.15, 0.2) is 0 Å². The average Bonchev–Trinajstić information content (AvgIpc) is 2.97. The van der Waals surface area contributed by atoms with E-state index in [2.05, 4.69) is 5.32 Å². The number of urea groups is 1. The summed E-state index contributed by atoms with van der Waals surface area (Å²) in [5, 5.41) is 4.39. The van der Waals surface area contributed by atoms with Crippen LogP contribution in [0.25, 0.3) is 0 Å². The number of amides is 3. The summed E-state index contributed by atoms with van der Waals surface area (Å²) in [6.45, 7) is 3.72. The van der Waals surface area contributed by atoms with Crippen molar-refractivity contribution in [3.05, 3.63) is 56.4 Å². The van der Waals surface area contributed by atoms with Crippen LogP contribution in [0.15, 0.2) is 34.4 Å². The SMILES string of the molecule is Cc1csc(=O)n1CCN1C(=O)NC(C)(c2ccc(F)cc2)C1=O. The van der Waals surface area contributed by atoms with E-state index >= 15 is 0 Å². The number of thiazole rings is 1. The fourth-order valence-corrected chi connectivity index (χ4v) is 3.51. The third-order valence-electron chi connectivity index (χ3n) is 4.22. The van der Waals surface area contributed by atoms with Crippen LogP contribution < -0.4 is 10.2 Å². The summed E-state index contributed by atoms with van der Waals surface area (Å²) in [5.41, 5.74) is 0.0615. The normalized spacial score (nSPS) is 20.5. The lowest BCUT2D eigenvalue weighted by Gasteiger charge is -2.22. The summed E-state index contributed by atoms with van der Waals surface area (Å²) in [6, 6.07) is 4.93. The molecule has 0 bridgehead atoms. The minimum atomic E-state index is -1.24. The largest absolute Gasteiger partial charge is 0.325 e. The van der Waals surface area contributed by atoms with Crippen molar-refractivity contribution in [2.45, 2.75) is 25.9 Å². The van der Waals surface area contributed by atoms with Crippen LogP contribution >= 0.6 is 11.3 Å². The van der Waals surface area contributed by atoms with Gasteiger partial charge in [0.2, 0.25) is 0 Å². The lowest BCUT2D eigenvalue weighted by atomic mass is 9.92. The fourth-order valence-electron chi connectivity index (χ4n) is 2.75. The monoisotopic (exact) mass is 349 g/mol. The first-order valence-electron chi connectivity index (χ1n) is 7.38. The lowest BCUT2D eigenvalue weighted by Crippen LogP contribution is -2.41. The molecule has 1 N–H and O–H groups in total. The van der Waals surface area contributed by atoms with Gasteiger partial charge in [-0.1, -0.05) is 23.5 Å². The second-order valence-electron chi connectivity index (χ2n) is 5.81. The van der Waals surface area contributed by atoms with Gasteiger partial charge in [-0.15, -0.1) is 0 Å². The Hall–Kier alpha value is -2.48. The maximum Gasteiger partial charge on any atom is 0.325 e. The van der Waals surface area contributed by atoms with Gasteiger partial charge in [0, 0.05) is 24.2 Å². The average molecular weight is 349 g/mol. The Labute approximate surface area is 141 Å². The summed E-state index contributed by atoms with van der Waals surface area (Å²) in [5.74, 6) is -0.830. The van der Waals surface area contributed by atoms with E-state index in [1.54, 1.807) is 19.2 Å². The van der Waals surface area contributed by atoms with Gasteiger partial charge >= 0.3 is 10.9 Å². The number of imide groups is 1. The highest BCUT2D eigenvalue weighted by molar-refractivity contribution is 7.07. The van der Waals surface area contributed by atoms with Crippen LogP contribution in [-0.2, 0) is 16.9 Å². The zero-order valence-corrected chi connectivity index (χ0v) is 14.0. The first kappa shape index (κ1) is 16.4. The van der Waals surface area contributed by atoms with E-state index in [1.807, 2.05) is 0 Å². The molecule has 2 aromatic rings. The number of benzene rings is 1. The number of nitrogens with one attached hydrogen (secondary N) is 1. The summed E-state index contributed by atoms with van der Waals surface area (Å²) >= 11 is 1.08. The van der Waals surface area contributed by atoms with Gasteiger partial charge in [-0.3, -0.25) is 14.5 Å². The van der Waals surface area contributed by atoms with Gasteiger partial charge in [-0.25, -0.2) is 9.18 Å². The van der Waals surface area contributed by atoms with E-state index in [0.29, 0.717) is 5.56 Å². The molecule has 1 aromatic heterocycles. The van der Waals surface area contributed by atoms with Crippen molar-refractivity contribution in [2.24, 2.45) is 0 Å². The highest BCUT2D eigenvalue weighted by Crippen LogP contribution is 2.28. The Morgan fingerprint density at radius 2 is 1.83 bits per heavy atom. The molecule has 3 amide bonds. The maximum absolute atomic E-state index is 13.1. The first-order chi connectivity index (χ1) is 11.3. The van der Waals surface area contributed by atoms with Crippen molar-refractivity contribution >= 4 is 23.3 Å². The van der Waals surface area contributed by atoms with Crippen molar-refractivity contribution in [1.82, 2.24) is 14.8 Å². The molecule has 0 radical (unpaired) electrons. The number of aryl methyl sites for hydroxylation is 1. The molecule has 0 spiro atoms. The predicted octanol–water partition coefficient (Wildman–Crippen LogP) is 1.82. The smallest absolute Gasteiger partial charge is 0.319 e. The van der Waals surface area contributed by atoms with Crippen LogP contribution in [0, 0.1) is 12.7 Å². The number of carbonyl (C=O) groups excluding carboxylic acids is 2. The molecule has 1 fully saturated rings. The van der Waals surface area contributed by atoms with Gasteiger partial charge in [0.1, 0.15) is 11.4 Å². The van der Waals surface area contributed by atoms with Crippen molar-refractivity contribution in [1.29, 1.82) is 0 Å². The van der Waals surface area contributed by atoms with E-state index in [0.717, 1.165) is 21.9 Å². The predicted molar refractivity (Wildman–Crippen MR) is 87.3 cm³/mol. The standard InChI is InChI=1S/C16H16FN3O3S/c1-10-9-24-15(23)19(10)7-8-20-13(21)16(2,18-14(20)22)11-3-5-12(17)6-4-11/h3-6,9H,7-8H2,1-2H3,(H,18,22). The Bertz CT molecular complexity index is 858. The zero-order chi connectivity index (χ0) is 17.5. The molecular formula is C16H16FN3O3S. The molecule has 1 aliphatic rings. The number of rotatable bonds is 4.